The number of amides is 1. The first-order valence-electron chi connectivity index (χ1n) is 11.8. The summed E-state index contributed by atoms with van der Waals surface area (Å²) in [6.45, 7) is 4.79. The van der Waals surface area contributed by atoms with E-state index in [9.17, 15) is 18.8 Å². The summed E-state index contributed by atoms with van der Waals surface area (Å²) in [5.74, 6) is -1.50. The number of hydrogen-bond donors (Lipinski definition) is 2. The molecule has 194 valence electrons. The maximum absolute atomic E-state index is 12.9. The highest BCUT2D eigenvalue weighted by molar-refractivity contribution is 5.98. The van der Waals surface area contributed by atoms with Crippen molar-refractivity contribution in [2.24, 2.45) is 5.92 Å². The number of halogens is 1. The van der Waals surface area contributed by atoms with E-state index in [4.69, 9.17) is 20.2 Å². The molecule has 0 aromatic heterocycles. The van der Waals surface area contributed by atoms with Crippen LogP contribution in [0.4, 0.5) is 4.39 Å². The molecule has 4 rings (SSSR count). The Hall–Kier alpha value is -4.23. The normalized spacial score (nSPS) is 15.6. The predicted molar refractivity (Wildman–Crippen MR) is 131 cm³/mol. The Morgan fingerprint density at radius 2 is 1.73 bits per heavy atom. The maximum atomic E-state index is 12.9. The fourth-order valence-corrected chi connectivity index (χ4v) is 4.27. The van der Waals surface area contributed by atoms with E-state index in [1.807, 2.05) is 11.0 Å². The lowest BCUT2D eigenvalue weighted by molar-refractivity contribution is -0.134. The van der Waals surface area contributed by atoms with Gasteiger partial charge in [-0.2, -0.15) is 5.26 Å². The molecule has 1 fully saturated rings. The average Bonchev–Trinajstić information content (AvgIpc) is 3.19. The van der Waals surface area contributed by atoms with Crippen LogP contribution in [0.3, 0.4) is 0 Å². The summed E-state index contributed by atoms with van der Waals surface area (Å²) in [4.78, 5) is 36.0. The maximum Gasteiger partial charge on any atom is 0.328 e. The molecule has 0 bridgehead atoms. The monoisotopic (exact) mass is 509 g/mol. The number of hydrogen-bond acceptors (Lipinski definition) is 6. The Morgan fingerprint density at radius 1 is 1.08 bits per heavy atom. The van der Waals surface area contributed by atoms with Crippen molar-refractivity contribution in [1.29, 1.82) is 5.26 Å². The topological polar surface area (TPSA) is 131 Å². The Balaban J connectivity index is 0.000000414. The van der Waals surface area contributed by atoms with Gasteiger partial charge in [0.15, 0.2) is 0 Å². The van der Waals surface area contributed by atoms with Crippen molar-refractivity contribution in [2.75, 3.05) is 32.8 Å². The van der Waals surface area contributed by atoms with Gasteiger partial charge in [-0.05, 0) is 79.9 Å². The molecule has 0 radical (unpaired) electrons. The van der Waals surface area contributed by atoms with E-state index in [0.717, 1.165) is 50.1 Å². The third-order valence-electron chi connectivity index (χ3n) is 6.16. The van der Waals surface area contributed by atoms with Gasteiger partial charge >= 0.3 is 11.9 Å². The molecule has 0 saturated carbocycles. The highest BCUT2D eigenvalue weighted by Crippen LogP contribution is 2.27. The third-order valence-corrected chi connectivity index (χ3v) is 6.16. The lowest BCUT2D eigenvalue weighted by Gasteiger charge is -2.33. The minimum absolute atomic E-state index is 0.0830. The number of carboxylic acids is 2. The quantitative estimate of drug-likeness (QED) is 0.519. The Morgan fingerprint density at radius 3 is 2.32 bits per heavy atom. The molecule has 1 amide bonds. The second-order valence-corrected chi connectivity index (χ2v) is 8.77. The second-order valence-electron chi connectivity index (χ2n) is 8.77. The van der Waals surface area contributed by atoms with Crippen LogP contribution in [0.2, 0.25) is 0 Å². The minimum Gasteiger partial charge on any atom is -0.492 e. The molecule has 2 aromatic rings. The first-order valence-corrected chi connectivity index (χ1v) is 11.8. The van der Waals surface area contributed by atoms with E-state index < -0.39 is 11.9 Å². The molecule has 2 N–H and O–H groups in total. The molecule has 0 spiro atoms. The average molecular weight is 510 g/mol. The van der Waals surface area contributed by atoms with Crippen molar-refractivity contribution >= 4 is 17.8 Å². The van der Waals surface area contributed by atoms with Gasteiger partial charge in [-0.25, -0.2) is 14.0 Å². The molecule has 10 heteroatoms. The van der Waals surface area contributed by atoms with Crippen LogP contribution in [-0.2, 0) is 16.1 Å². The SMILES string of the molecule is N#Cc1ccc2c(c1)CN(CC1CCN(CCOc3ccc(F)cc3)CC1)C2=O.O=C(O)/C=C/C(=O)O. The van der Waals surface area contributed by atoms with Gasteiger partial charge in [0, 0.05) is 37.3 Å². The number of carbonyl (C=O) groups is 3. The molecular formula is C27H28FN3O6. The number of rotatable bonds is 8. The van der Waals surface area contributed by atoms with Crippen molar-refractivity contribution in [3.63, 3.8) is 0 Å². The van der Waals surface area contributed by atoms with Gasteiger partial charge in [-0.15, -0.1) is 0 Å². The van der Waals surface area contributed by atoms with Gasteiger partial charge in [0.05, 0.1) is 11.6 Å². The van der Waals surface area contributed by atoms with Gasteiger partial charge in [0.25, 0.3) is 5.91 Å². The van der Waals surface area contributed by atoms with E-state index in [0.29, 0.717) is 42.5 Å². The van der Waals surface area contributed by atoms with Gasteiger partial charge in [-0.1, -0.05) is 0 Å². The zero-order valence-corrected chi connectivity index (χ0v) is 20.2. The van der Waals surface area contributed by atoms with Crippen molar-refractivity contribution in [3.05, 3.63) is 77.1 Å². The summed E-state index contributed by atoms with van der Waals surface area (Å²) in [7, 11) is 0. The van der Waals surface area contributed by atoms with Gasteiger partial charge in [-0.3, -0.25) is 9.69 Å². The molecule has 0 unspecified atom stereocenters. The highest BCUT2D eigenvalue weighted by Gasteiger charge is 2.30. The molecule has 2 aromatic carbocycles. The van der Waals surface area contributed by atoms with Crippen LogP contribution in [0.25, 0.3) is 0 Å². The van der Waals surface area contributed by atoms with Crippen LogP contribution in [0, 0.1) is 23.1 Å². The largest absolute Gasteiger partial charge is 0.492 e. The first kappa shape index (κ1) is 27.4. The first-order chi connectivity index (χ1) is 17.7. The third kappa shape index (κ3) is 8.44. The molecule has 0 aliphatic carbocycles. The Bertz CT molecular complexity index is 1170. The van der Waals surface area contributed by atoms with Crippen LogP contribution in [0.5, 0.6) is 5.75 Å². The number of aliphatic carboxylic acids is 2. The van der Waals surface area contributed by atoms with Crippen LogP contribution in [-0.4, -0.2) is 70.6 Å². The lowest BCUT2D eigenvalue weighted by atomic mass is 9.96. The fourth-order valence-electron chi connectivity index (χ4n) is 4.27. The summed E-state index contributed by atoms with van der Waals surface area (Å²) in [5, 5.41) is 24.7. The second kappa shape index (κ2) is 13.2. The Labute approximate surface area is 214 Å². The summed E-state index contributed by atoms with van der Waals surface area (Å²) in [6.07, 6.45) is 3.23. The summed E-state index contributed by atoms with van der Waals surface area (Å²) < 4.78 is 18.6. The van der Waals surface area contributed by atoms with Crippen molar-refractivity contribution in [2.45, 2.75) is 19.4 Å². The minimum atomic E-state index is -1.26. The van der Waals surface area contributed by atoms with Crippen LogP contribution >= 0.6 is 0 Å². The molecule has 0 atom stereocenters. The molecule has 2 heterocycles. The van der Waals surface area contributed by atoms with Crippen LogP contribution in [0.15, 0.2) is 54.6 Å². The molecular weight excluding hydrogens is 481 g/mol. The van der Waals surface area contributed by atoms with Gasteiger partial charge in [0.1, 0.15) is 18.2 Å². The van der Waals surface area contributed by atoms with E-state index in [1.165, 1.54) is 12.1 Å². The summed E-state index contributed by atoms with van der Waals surface area (Å²) in [5.41, 5.74) is 2.30. The molecule has 9 nitrogen and oxygen atoms in total. The fraction of sp³-hybridized carbons (Fsp3) is 0.333. The number of carbonyl (C=O) groups excluding carboxylic acids is 1. The van der Waals surface area contributed by atoms with Crippen LogP contribution < -0.4 is 4.74 Å². The summed E-state index contributed by atoms with van der Waals surface area (Å²) >= 11 is 0. The van der Waals surface area contributed by atoms with Crippen molar-refractivity contribution in [1.82, 2.24) is 9.80 Å². The van der Waals surface area contributed by atoms with Crippen LogP contribution in [0.1, 0.15) is 34.3 Å². The number of fused-ring (bicyclic) bond motifs is 1. The number of benzene rings is 2. The van der Waals surface area contributed by atoms with Crippen molar-refractivity contribution in [3.8, 4) is 11.8 Å². The van der Waals surface area contributed by atoms with Crippen molar-refractivity contribution < 1.29 is 33.7 Å². The number of nitriles is 1. The predicted octanol–water partition coefficient (Wildman–Crippen LogP) is 3.16. The summed E-state index contributed by atoms with van der Waals surface area (Å²) in [6, 6.07) is 13.6. The van der Waals surface area contributed by atoms with Gasteiger partial charge in [0.2, 0.25) is 0 Å². The zero-order chi connectivity index (χ0) is 26.8. The Kier molecular flexibility index (Phi) is 9.75. The number of piperidine rings is 1. The highest BCUT2D eigenvalue weighted by atomic mass is 19.1. The number of likely N-dealkylation sites (tertiary alicyclic amines) is 1. The number of nitrogens with zero attached hydrogens (tertiary/aromatic N) is 3. The number of carboxylic acid groups (broad SMARTS) is 2. The van der Waals surface area contributed by atoms with E-state index in [1.54, 1.807) is 24.3 Å². The smallest absolute Gasteiger partial charge is 0.328 e. The molecule has 2 aliphatic rings. The number of ether oxygens (including phenoxy) is 1. The molecule has 37 heavy (non-hydrogen) atoms. The van der Waals surface area contributed by atoms with E-state index in [-0.39, 0.29) is 11.7 Å². The van der Waals surface area contributed by atoms with Gasteiger partial charge < -0.3 is 19.8 Å². The van der Waals surface area contributed by atoms with E-state index >= 15 is 0 Å². The zero-order valence-electron chi connectivity index (χ0n) is 20.2. The standard InChI is InChI=1S/C23H24FN3O2.C4H4O4/c24-20-2-4-21(5-3-20)29-12-11-26-9-7-17(8-10-26)15-27-16-19-13-18(14-25)1-6-22(19)23(27)28;5-3(6)1-2-4(7)8/h1-6,13,17H,7-12,15-16H2;1-2H,(H,5,6)(H,7,8)/b;2-1+. The molecule has 2 aliphatic heterocycles. The lowest BCUT2D eigenvalue weighted by Crippen LogP contribution is -2.40. The molecule has 1 saturated heterocycles. The van der Waals surface area contributed by atoms with E-state index in [2.05, 4.69) is 11.0 Å².